The maximum atomic E-state index is 14.5. The van der Waals surface area contributed by atoms with Gasteiger partial charge in [0.2, 0.25) is 0 Å². The number of nitrogens with one attached hydrogen (secondary N) is 4. The van der Waals surface area contributed by atoms with Crippen LogP contribution in [0.4, 0.5) is 15.2 Å². The molecule has 1 fully saturated rings. The van der Waals surface area contributed by atoms with Crippen LogP contribution in [0.2, 0.25) is 0 Å². The van der Waals surface area contributed by atoms with Crippen LogP contribution in [0.5, 0.6) is 0 Å². The Morgan fingerprint density at radius 2 is 2.14 bits per heavy atom. The molecule has 0 aliphatic carbocycles. The van der Waals surface area contributed by atoms with Crippen LogP contribution in [0.3, 0.4) is 0 Å². The number of anilines is 2. The summed E-state index contributed by atoms with van der Waals surface area (Å²) in [6, 6.07) is 3.06. The van der Waals surface area contributed by atoms with Crippen molar-refractivity contribution in [1.29, 1.82) is 0 Å². The number of sulfonamides is 1. The maximum absolute atomic E-state index is 14.5. The fourth-order valence-corrected chi connectivity index (χ4v) is 5.63. The van der Waals surface area contributed by atoms with Gasteiger partial charge in [-0.15, -0.1) is 11.3 Å². The normalized spacial score (nSPS) is 16.8. The van der Waals surface area contributed by atoms with Crippen LogP contribution >= 0.6 is 27.3 Å². The van der Waals surface area contributed by atoms with Gasteiger partial charge in [-0.1, -0.05) is 0 Å². The first-order valence-corrected chi connectivity index (χ1v) is 12.7. The van der Waals surface area contributed by atoms with Gasteiger partial charge in [0.05, 0.1) is 5.69 Å². The summed E-state index contributed by atoms with van der Waals surface area (Å²) in [7, 11) is -4.04. The minimum atomic E-state index is -4.04. The van der Waals surface area contributed by atoms with Gasteiger partial charge in [0, 0.05) is 35.2 Å². The van der Waals surface area contributed by atoms with Gasteiger partial charge in [0.25, 0.3) is 10.0 Å². The topological polar surface area (TPSA) is 95.2 Å². The number of aromatic nitrogens is 1. The molecule has 11 heteroatoms. The summed E-state index contributed by atoms with van der Waals surface area (Å²) >= 11 is 4.46. The molecule has 0 radical (unpaired) electrons. The zero-order valence-corrected chi connectivity index (χ0v) is 19.1. The van der Waals surface area contributed by atoms with E-state index in [1.165, 1.54) is 31.2 Å². The second kappa shape index (κ2) is 10.7. The average Bonchev–Trinajstić information content (AvgIpc) is 3.37. The molecule has 1 atom stereocenters. The highest BCUT2D eigenvalue weighted by molar-refractivity contribution is 9.10. The van der Waals surface area contributed by atoms with Gasteiger partial charge in [-0.2, -0.15) is 0 Å². The lowest BCUT2D eigenvalue weighted by Crippen LogP contribution is -2.34. The predicted octanol–water partition coefficient (Wildman–Crippen LogP) is 3.38. The first-order chi connectivity index (χ1) is 14.0. The molecule has 7 nitrogen and oxygen atoms in total. The van der Waals surface area contributed by atoms with Crippen molar-refractivity contribution in [2.24, 2.45) is 0 Å². The minimum Gasteiger partial charge on any atom is -0.384 e. The van der Waals surface area contributed by atoms with E-state index in [9.17, 15) is 12.8 Å². The van der Waals surface area contributed by atoms with E-state index in [0.717, 1.165) is 43.8 Å². The Balaban J connectivity index is 1.46. The van der Waals surface area contributed by atoms with Gasteiger partial charge in [-0.05, 0) is 66.8 Å². The summed E-state index contributed by atoms with van der Waals surface area (Å²) in [4.78, 5) is 3.44. The van der Waals surface area contributed by atoms with Gasteiger partial charge < -0.3 is 16.0 Å². The number of nitrogens with zero attached hydrogens (tertiary/aromatic N) is 1. The highest BCUT2D eigenvalue weighted by Crippen LogP contribution is 2.29. The van der Waals surface area contributed by atoms with E-state index in [0.29, 0.717) is 22.7 Å². The van der Waals surface area contributed by atoms with Gasteiger partial charge in [0.15, 0.2) is 5.13 Å². The molecule has 2 heterocycles. The van der Waals surface area contributed by atoms with Crippen LogP contribution in [0.25, 0.3) is 0 Å². The van der Waals surface area contributed by atoms with Gasteiger partial charge in [-0.3, -0.25) is 4.72 Å². The van der Waals surface area contributed by atoms with Gasteiger partial charge in [-0.25, -0.2) is 17.8 Å². The Morgan fingerprint density at radius 3 is 2.86 bits per heavy atom. The summed E-state index contributed by atoms with van der Waals surface area (Å²) in [5.74, 6) is -0.814. The molecule has 0 amide bonds. The molecule has 1 saturated heterocycles. The highest BCUT2D eigenvalue weighted by Gasteiger charge is 2.22. The van der Waals surface area contributed by atoms with Crippen molar-refractivity contribution < 1.29 is 12.8 Å². The lowest BCUT2D eigenvalue weighted by molar-refractivity contribution is 0.526. The van der Waals surface area contributed by atoms with Crippen LogP contribution in [0, 0.1) is 5.82 Å². The molecule has 2 aromatic rings. The monoisotopic (exact) mass is 505 g/mol. The van der Waals surface area contributed by atoms with Crippen molar-refractivity contribution in [2.75, 3.05) is 36.2 Å². The molecule has 0 spiro atoms. The Kier molecular flexibility index (Phi) is 8.25. The predicted molar refractivity (Wildman–Crippen MR) is 119 cm³/mol. The SMILES string of the molecule is O=S(=O)(Nc1nccs1)c1cc(Br)c(NCCCCNC[C@@H]2CCCN2)cc1F. The minimum absolute atomic E-state index is 0.194. The quantitative estimate of drug-likeness (QED) is 0.349. The molecule has 1 aromatic heterocycles. The van der Waals surface area contributed by atoms with E-state index in [1.807, 2.05) is 0 Å². The first-order valence-electron chi connectivity index (χ1n) is 9.55. The first kappa shape index (κ1) is 22.4. The van der Waals surface area contributed by atoms with E-state index in [2.05, 4.69) is 41.6 Å². The Labute approximate surface area is 183 Å². The molecule has 0 unspecified atom stereocenters. The third-order valence-electron chi connectivity index (χ3n) is 4.61. The number of rotatable bonds is 11. The third kappa shape index (κ3) is 6.61. The fraction of sp³-hybridized carbons (Fsp3) is 0.500. The molecule has 0 saturated carbocycles. The number of thiazole rings is 1. The van der Waals surface area contributed by atoms with Crippen molar-refractivity contribution in [3.63, 3.8) is 0 Å². The Hall–Kier alpha value is -1.27. The van der Waals surface area contributed by atoms with E-state index in [1.54, 1.807) is 5.38 Å². The zero-order chi connectivity index (χ0) is 20.7. The number of benzene rings is 1. The largest absolute Gasteiger partial charge is 0.384 e. The molecular formula is C18H25BrFN5O2S2. The van der Waals surface area contributed by atoms with Crippen molar-refractivity contribution in [2.45, 2.75) is 36.6 Å². The lowest BCUT2D eigenvalue weighted by Gasteiger charge is -2.13. The lowest BCUT2D eigenvalue weighted by atomic mass is 10.2. The summed E-state index contributed by atoms with van der Waals surface area (Å²) in [5, 5.41) is 11.9. The van der Waals surface area contributed by atoms with E-state index in [4.69, 9.17) is 0 Å². The zero-order valence-electron chi connectivity index (χ0n) is 15.9. The maximum Gasteiger partial charge on any atom is 0.266 e. The van der Waals surface area contributed by atoms with E-state index < -0.39 is 20.7 Å². The van der Waals surface area contributed by atoms with Crippen molar-refractivity contribution in [3.8, 4) is 0 Å². The second-order valence-corrected chi connectivity index (χ2v) is 10.2. The average molecular weight is 506 g/mol. The Morgan fingerprint density at radius 1 is 1.31 bits per heavy atom. The molecular weight excluding hydrogens is 481 g/mol. The van der Waals surface area contributed by atoms with Crippen LogP contribution in [-0.4, -0.2) is 45.6 Å². The number of hydrogen-bond acceptors (Lipinski definition) is 7. The molecule has 4 N–H and O–H groups in total. The fourth-order valence-electron chi connectivity index (χ4n) is 3.12. The number of hydrogen-bond donors (Lipinski definition) is 4. The van der Waals surface area contributed by atoms with Gasteiger partial charge in [0.1, 0.15) is 10.7 Å². The van der Waals surface area contributed by atoms with Crippen LogP contribution in [-0.2, 0) is 10.0 Å². The third-order valence-corrected chi connectivity index (χ3v) is 7.44. The van der Waals surface area contributed by atoms with Crippen LogP contribution in [0.1, 0.15) is 25.7 Å². The molecule has 160 valence electrons. The molecule has 3 rings (SSSR count). The summed E-state index contributed by atoms with van der Waals surface area (Å²) in [6.45, 7) is 3.72. The molecule has 29 heavy (non-hydrogen) atoms. The number of halogens is 2. The summed E-state index contributed by atoms with van der Waals surface area (Å²) in [6.07, 6.45) is 5.89. The van der Waals surface area contributed by atoms with Crippen molar-refractivity contribution >= 4 is 48.1 Å². The van der Waals surface area contributed by atoms with Crippen molar-refractivity contribution in [1.82, 2.24) is 15.6 Å². The van der Waals surface area contributed by atoms with Crippen LogP contribution < -0.4 is 20.7 Å². The molecule has 1 aliphatic rings. The molecule has 1 aromatic carbocycles. The highest BCUT2D eigenvalue weighted by atomic mass is 79.9. The smallest absolute Gasteiger partial charge is 0.266 e. The summed E-state index contributed by atoms with van der Waals surface area (Å²) < 4.78 is 42.0. The standard InChI is InChI=1S/C18H25BrFN5O2S2/c19-14-10-17(29(26,27)25-18-24-8-9-28-18)15(20)11-16(14)23-6-2-1-5-21-12-13-4-3-7-22-13/h8-11,13,21-23H,1-7,12H2,(H,24,25)/t13-/m0/s1. The molecule has 1 aliphatic heterocycles. The van der Waals surface area contributed by atoms with E-state index >= 15 is 0 Å². The van der Waals surface area contributed by atoms with Crippen LogP contribution in [0.15, 0.2) is 33.1 Å². The second-order valence-electron chi connectivity index (χ2n) is 6.84. The number of unbranched alkanes of at least 4 members (excludes halogenated alkanes) is 1. The molecule has 0 bridgehead atoms. The van der Waals surface area contributed by atoms with Crippen molar-refractivity contribution in [3.05, 3.63) is 34.0 Å². The van der Waals surface area contributed by atoms with E-state index in [-0.39, 0.29) is 5.13 Å². The Bertz CT molecular complexity index is 890. The summed E-state index contributed by atoms with van der Waals surface area (Å²) in [5.41, 5.74) is 0.527. The van der Waals surface area contributed by atoms with Gasteiger partial charge >= 0.3 is 0 Å².